The van der Waals surface area contributed by atoms with E-state index in [-0.39, 0.29) is 23.4 Å². The lowest BCUT2D eigenvalue weighted by Gasteiger charge is -2.16. The minimum Gasteiger partial charge on any atom is -0.364 e. The number of benzene rings is 1. The molecular formula is C17H19N3O3. The Morgan fingerprint density at radius 2 is 2.13 bits per heavy atom. The van der Waals surface area contributed by atoms with Crippen molar-refractivity contribution in [2.45, 2.75) is 12.8 Å². The number of carbonyl (C=O) groups excluding carboxylic acids is 2. The van der Waals surface area contributed by atoms with Gasteiger partial charge in [-0.05, 0) is 12.0 Å². The van der Waals surface area contributed by atoms with E-state index < -0.39 is 0 Å². The van der Waals surface area contributed by atoms with Crippen LogP contribution in [0.5, 0.6) is 0 Å². The molecule has 1 aliphatic rings. The van der Waals surface area contributed by atoms with E-state index in [1.54, 1.807) is 0 Å². The third-order valence-corrected chi connectivity index (χ3v) is 4.03. The van der Waals surface area contributed by atoms with Crippen molar-refractivity contribution in [1.82, 2.24) is 15.4 Å². The molecule has 120 valence electrons. The summed E-state index contributed by atoms with van der Waals surface area (Å²) in [5.74, 6) is 0.0321. The molecule has 1 aliphatic heterocycles. The van der Waals surface area contributed by atoms with Crippen LogP contribution in [0.3, 0.4) is 0 Å². The van der Waals surface area contributed by atoms with Crippen LogP contribution in [-0.2, 0) is 11.2 Å². The van der Waals surface area contributed by atoms with Gasteiger partial charge >= 0.3 is 0 Å². The van der Waals surface area contributed by atoms with E-state index in [4.69, 9.17) is 0 Å². The van der Waals surface area contributed by atoms with E-state index in [1.807, 2.05) is 23.1 Å². The van der Waals surface area contributed by atoms with E-state index in [2.05, 4.69) is 27.1 Å². The first kappa shape index (κ1) is 15.3. The highest BCUT2D eigenvalue weighted by Crippen LogP contribution is 2.17. The molecule has 6 heteroatoms. The molecule has 1 fully saturated rings. The molecule has 1 N–H and O–H groups in total. The molecule has 6 nitrogen and oxygen atoms in total. The van der Waals surface area contributed by atoms with Crippen molar-refractivity contribution < 1.29 is 14.1 Å². The largest absolute Gasteiger partial charge is 0.364 e. The zero-order valence-corrected chi connectivity index (χ0v) is 12.8. The minimum atomic E-state index is -0.270. The summed E-state index contributed by atoms with van der Waals surface area (Å²) in [6, 6.07) is 11.6. The van der Waals surface area contributed by atoms with Crippen LogP contribution in [0.25, 0.3) is 0 Å². The van der Waals surface area contributed by atoms with Gasteiger partial charge in [0.2, 0.25) is 5.91 Å². The van der Waals surface area contributed by atoms with Crippen molar-refractivity contribution in [2.75, 3.05) is 19.6 Å². The zero-order valence-electron chi connectivity index (χ0n) is 12.8. The Hall–Kier alpha value is -2.63. The van der Waals surface area contributed by atoms with Gasteiger partial charge in [-0.2, -0.15) is 0 Å². The molecular weight excluding hydrogens is 294 g/mol. The molecule has 0 aliphatic carbocycles. The predicted octanol–water partition coefficient (Wildman–Crippen LogP) is 1.50. The van der Waals surface area contributed by atoms with Crippen molar-refractivity contribution in [3.63, 3.8) is 0 Å². The second-order valence-corrected chi connectivity index (χ2v) is 5.74. The highest BCUT2D eigenvalue weighted by Gasteiger charge is 2.29. The number of carbonyl (C=O) groups is 2. The molecule has 1 aromatic carbocycles. The van der Waals surface area contributed by atoms with Crippen LogP contribution in [0.15, 0.2) is 47.2 Å². The van der Waals surface area contributed by atoms with Crippen molar-refractivity contribution in [3.05, 3.63) is 53.9 Å². The fourth-order valence-corrected chi connectivity index (χ4v) is 2.77. The second-order valence-electron chi connectivity index (χ2n) is 5.74. The lowest BCUT2D eigenvalue weighted by Crippen LogP contribution is -2.32. The molecule has 2 heterocycles. The maximum Gasteiger partial charge on any atom is 0.273 e. The van der Waals surface area contributed by atoms with Crippen LogP contribution in [0.2, 0.25) is 0 Å². The van der Waals surface area contributed by atoms with Crippen LogP contribution in [0, 0.1) is 5.92 Å². The molecule has 2 amide bonds. The van der Waals surface area contributed by atoms with E-state index in [1.165, 1.54) is 17.9 Å². The summed E-state index contributed by atoms with van der Waals surface area (Å²) in [6.45, 7) is 1.88. The van der Waals surface area contributed by atoms with Gasteiger partial charge in [-0.15, -0.1) is 0 Å². The Balaban J connectivity index is 1.45. The van der Waals surface area contributed by atoms with Crippen LogP contribution in [0.1, 0.15) is 22.5 Å². The summed E-state index contributed by atoms with van der Waals surface area (Å²) >= 11 is 0. The van der Waals surface area contributed by atoms with E-state index in [0.717, 1.165) is 13.0 Å². The third-order valence-electron chi connectivity index (χ3n) is 4.03. The van der Waals surface area contributed by atoms with Gasteiger partial charge in [0, 0.05) is 38.0 Å². The Labute approximate surface area is 134 Å². The average molecular weight is 313 g/mol. The quantitative estimate of drug-likeness (QED) is 0.877. The number of hydrogen-bond acceptors (Lipinski definition) is 4. The molecule has 0 bridgehead atoms. The predicted molar refractivity (Wildman–Crippen MR) is 83.7 cm³/mol. The maximum atomic E-state index is 12.1. The number of nitrogens with one attached hydrogen (secondary N) is 1. The normalized spacial score (nSPS) is 17.5. The second kappa shape index (κ2) is 7.09. The van der Waals surface area contributed by atoms with Crippen molar-refractivity contribution >= 4 is 11.8 Å². The van der Waals surface area contributed by atoms with Crippen LogP contribution in [-0.4, -0.2) is 41.5 Å². The summed E-state index contributed by atoms with van der Waals surface area (Å²) in [7, 11) is 0. The molecule has 0 unspecified atom stereocenters. The average Bonchev–Trinajstić information content (AvgIpc) is 3.22. The topological polar surface area (TPSA) is 75.4 Å². The smallest absolute Gasteiger partial charge is 0.273 e. The SMILES string of the molecule is O=C(NC[C@H]1CC(=O)N(CCc2ccccc2)C1)c1ccon1. The number of hydrogen-bond donors (Lipinski definition) is 1. The third kappa shape index (κ3) is 3.97. The van der Waals surface area contributed by atoms with Gasteiger partial charge in [0.25, 0.3) is 5.91 Å². The van der Waals surface area contributed by atoms with Crippen LogP contribution in [0.4, 0.5) is 0 Å². The lowest BCUT2D eigenvalue weighted by atomic mass is 10.1. The van der Waals surface area contributed by atoms with Crippen molar-refractivity contribution in [1.29, 1.82) is 0 Å². The summed E-state index contributed by atoms with van der Waals surface area (Å²) < 4.78 is 4.64. The van der Waals surface area contributed by atoms with E-state index >= 15 is 0 Å². The summed E-state index contributed by atoms with van der Waals surface area (Å²) in [5.41, 5.74) is 1.48. The van der Waals surface area contributed by atoms with E-state index in [0.29, 0.717) is 19.5 Å². The van der Waals surface area contributed by atoms with Gasteiger partial charge in [0.05, 0.1) is 0 Å². The molecule has 0 radical (unpaired) electrons. The van der Waals surface area contributed by atoms with Crippen LogP contribution >= 0.6 is 0 Å². The molecule has 0 saturated carbocycles. The van der Waals surface area contributed by atoms with E-state index in [9.17, 15) is 9.59 Å². The van der Waals surface area contributed by atoms with Gasteiger partial charge in [0.15, 0.2) is 5.69 Å². The van der Waals surface area contributed by atoms with Gasteiger partial charge in [-0.3, -0.25) is 9.59 Å². The van der Waals surface area contributed by atoms with Crippen molar-refractivity contribution in [2.24, 2.45) is 5.92 Å². The maximum absolute atomic E-state index is 12.1. The Morgan fingerprint density at radius 3 is 2.87 bits per heavy atom. The zero-order chi connectivity index (χ0) is 16.1. The standard InChI is InChI=1S/C17H19N3O3/c21-16-10-14(11-18-17(22)15-7-9-23-19-15)12-20(16)8-6-13-4-2-1-3-5-13/h1-5,7,9,14H,6,8,10-12H2,(H,18,22)/t14-/m1/s1. The fraction of sp³-hybridized carbons (Fsp3) is 0.353. The number of amides is 2. The Bertz CT molecular complexity index is 655. The molecule has 1 saturated heterocycles. The first-order chi connectivity index (χ1) is 11.2. The molecule has 3 rings (SSSR count). The molecule has 0 spiro atoms. The summed E-state index contributed by atoms with van der Waals surface area (Å²) in [4.78, 5) is 25.7. The number of aromatic nitrogens is 1. The first-order valence-corrected chi connectivity index (χ1v) is 7.72. The lowest BCUT2D eigenvalue weighted by molar-refractivity contribution is -0.127. The van der Waals surface area contributed by atoms with Gasteiger partial charge in [0.1, 0.15) is 6.26 Å². The summed E-state index contributed by atoms with van der Waals surface area (Å²) in [6.07, 6.45) is 2.69. The monoisotopic (exact) mass is 313 g/mol. The summed E-state index contributed by atoms with van der Waals surface area (Å²) in [5, 5.41) is 6.39. The fourth-order valence-electron chi connectivity index (χ4n) is 2.77. The number of likely N-dealkylation sites (tertiary alicyclic amines) is 1. The van der Waals surface area contributed by atoms with Crippen LogP contribution < -0.4 is 5.32 Å². The number of nitrogens with zero attached hydrogens (tertiary/aromatic N) is 2. The molecule has 2 aromatic rings. The molecule has 1 aromatic heterocycles. The minimum absolute atomic E-state index is 0.147. The molecule has 1 atom stereocenters. The number of rotatable bonds is 6. The highest BCUT2D eigenvalue weighted by molar-refractivity contribution is 5.92. The Kier molecular flexibility index (Phi) is 4.71. The van der Waals surface area contributed by atoms with Crippen molar-refractivity contribution in [3.8, 4) is 0 Å². The highest BCUT2D eigenvalue weighted by atomic mass is 16.5. The molecule has 23 heavy (non-hydrogen) atoms. The first-order valence-electron chi connectivity index (χ1n) is 7.72. The Morgan fingerprint density at radius 1 is 1.30 bits per heavy atom. The van der Waals surface area contributed by atoms with Gasteiger partial charge in [-0.25, -0.2) is 0 Å². The van der Waals surface area contributed by atoms with Gasteiger partial charge < -0.3 is 14.7 Å². The van der Waals surface area contributed by atoms with Gasteiger partial charge in [-0.1, -0.05) is 35.5 Å².